The first-order chi connectivity index (χ1) is 8.13. The highest BCUT2D eigenvalue weighted by Crippen LogP contribution is 2.09. The Morgan fingerprint density at radius 2 is 2.24 bits per heavy atom. The van der Waals surface area contributed by atoms with Gasteiger partial charge in [-0.05, 0) is 26.0 Å². The molecule has 1 heterocycles. The number of aromatic amines is 1. The summed E-state index contributed by atoms with van der Waals surface area (Å²) >= 11 is 0. The summed E-state index contributed by atoms with van der Waals surface area (Å²) in [6.07, 6.45) is 0. The van der Waals surface area contributed by atoms with E-state index >= 15 is 0 Å². The first-order valence-electron chi connectivity index (χ1n) is 5.29. The molecule has 0 bridgehead atoms. The highest BCUT2D eigenvalue weighted by Gasteiger charge is 2.15. The number of rotatable bonds is 2. The molecule has 0 aliphatic heterocycles. The molecule has 88 valence electrons. The first-order valence-corrected chi connectivity index (χ1v) is 5.29. The lowest BCUT2D eigenvalue weighted by Crippen LogP contribution is -2.20. The molecule has 1 N–H and O–H groups in total. The molecule has 0 unspecified atom stereocenters. The van der Waals surface area contributed by atoms with Gasteiger partial charge in [0, 0.05) is 5.39 Å². The number of carbonyl (C=O) groups excluding carboxylic acids is 1. The monoisotopic (exact) mass is 232 g/mol. The van der Waals surface area contributed by atoms with Crippen molar-refractivity contribution in [1.82, 2.24) is 10.2 Å². The molecule has 2 rings (SSSR count). The van der Waals surface area contributed by atoms with E-state index < -0.39 is 11.4 Å². The minimum Gasteiger partial charge on any atom is -0.461 e. The number of H-pyrrole nitrogens is 1. The number of ether oxygens (including phenoxy) is 1. The third-order valence-electron chi connectivity index (χ3n) is 2.39. The van der Waals surface area contributed by atoms with Crippen LogP contribution in [0.5, 0.6) is 0 Å². The summed E-state index contributed by atoms with van der Waals surface area (Å²) < 4.78 is 4.77. The number of nitrogens with one attached hydrogen (secondary N) is 1. The number of hydrogen-bond donors (Lipinski definition) is 1. The zero-order chi connectivity index (χ0) is 12.4. The van der Waals surface area contributed by atoms with Gasteiger partial charge in [-0.3, -0.25) is 9.89 Å². The van der Waals surface area contributed by atoms with E-state index in [2.05, 4.69) is 10.2 Å². The van der Waals surface area contributed by atoms with Crippen LogP contribution in [-0.2, 0) is 4.74 Å². The highest BCUT2D eigenvalue weighted by atomic mass is 16.5. The van der Waals surface area contributed by atoms with Crippen LogP contribution in [0, 0.1) is 6.92 Å². The van der Waals surface area contributed by atoms with Crippen LogP contribution < -0.4 is 5.43 Å². The molecule has 1 aromatic heterocycles. The predicted molar refractivity (Wildman–Crippen MR) is 63.1 cm³/mol. The largest absolute Gasteiger partial charge is 0.461 e. The van der Waals surface area contributed by atoms with E-state index in [9.17, 15) is 9.59 Å². The van der Waals surface area contributed by atoms with Gasteiger partial charge in [0.15, 0.2) is 0 Å². The van der Waals surface area contributed by atoms with Gasteiger partial charge in [0.2, 0.25) is 11.1 Å². The van der Waals surface area contributed by atoms with E-state index in [0.29, 0.717) is 10.9 Å². The van der Waals surface area contributed by atoms with Crippen LogP contribution in [0.2, 0.25) is 0 Å². The lowest BCUT2D eigenvalue weighted by molar-refractivity contribution is 0.0517. The molecule has 2 aromatic rings. The van der Waals surface area contributed by atoms with Gasteiger partial charge in [-0.1, -0.05) is 11.6 Å². The first kappa shape index (κ1) is 11.3. The lowest BCUT2D eigenvalue weighted by Gasteiger charge is -2.02. The van der Waals surface area contributed by atoms with Crippen LogP contribution in [0.3, 0.4) is 0 Å². The van der Waals surface area contributed by atoms with E-state index in [1.54, 1.807) is 19.1 Å². The average Bonchev–Trinajstić information content (AvgIpc) is 2.30. The van der Waals surface area contributed by atoms with Gasteiger partial charge >= 0.3 is 5.97 Å². The average molecular weight is 232 g/mol. The van der Waals surface area contributed by atoms with Crippen molar-refractivity contribution in [2.75, 3.05) is 6.61 Å². The highest BCUT2D eigenvalue weighted by molar-refractivity contribution is 5.91. The maximum Gasteiger partial charge on any atom is 0.362 e. The van der Waals surface area contributed by atoms with Gasteiger partial charge in [0.25, 0.3) is 0 Å². The molecule has 1 aromatic carbocycles. The molecule has 5 nitrogen and oxygen atoms in total. The zero-order valence-electron chi connectivity index (χ0n) is 9.61. The van der Waals surface area contributed by atoms with Gasteiger partial charge in [-0.25, -0.2) is 4.79 Å². The standard InChI is InChI=1S/C12H12N2O3/c1-3-17-12(16)10-11(15)8-6-7(2)4-5-9(8)13-14-10/h4-6H,3H2,1-2H3,(H,13,15). The number of aryl methyl sites for hydroxylation is 1. The molecule has 0 aliphatic rings. The summed E-state index contributed by atoms with van der Waals surface area (Å²) in [6, 6.07) is 5.34. The van der Waals surface area contributed by atoms with E-state index in [1.807, 2.05) is 13.0 Å². The normalized spacial score (nSPS) is 10.5. The minimum atomic E-state index is -0.697. The summed E-state index contributed by atoms with van der Waals surface area (Å²) in [5, 5.41) is 6.87. The molecule has 0 fully saturated rings. The number of aromatic nitrogens is 2. The van der Waals surface area contributed by atoms with Crippen molar-refractivity contribution in [3.63, 3.8) is 0 Å². The van der Waals surface area contributed by atoms with Gasteiger partial charge in [-0.15, -0.1) is 0 Å². The molecular formula is C12H12N2O3. The Kier molecular flexibility index (Phi) is 2.91. The second-order valence-corrected chi connectivity index (χ2v) is 3.67. The van der Waals surface area contributed by atoms with Gasteiger partial charge < -0.3 is 4.74 Å². The fourth-order valence-corrected chi connectivity index (χ4v) is 1.58. The summed E-state index contributed by atoms with van der Waals surface area (Å²) in [4.78, 5) is 23.5. The fraction of sp³-hybridized carbons (Fsp3) is 0.250. The summed E-state index contributed by atoms with van der Waals surface area (Å²) in [5.74, 6) is -0.697. The second-order valence-electron chi connectivity index (χ2n) is 3.67. The van der Waals surface area contributed by atoms with Crippen molar-refractivity contribution in [2.24, 2.45) is 0 Å². The quantitative estimate of drug-likeness (QED) is 0.794. The number of carbonyl (C=O) groups is 1. The van der Waals surface area contributed by atoms with Crippen molar-refractivity contribution in [2.45, 2.75) is 13.8 Å². The van der Waals surface area contributed by atoms with Crippen molar-refractivity contribution in [3.05, 3.63) is 39.7 Å². The zero-order valence-corrected chi connectivity index (χ0v) is 9.61. The predicted octanol–water partition coefficient (Wildman–Crippen LogP) is 1.41. The maximum atomic E-state index is 12.0. The maximum absolute atomic E-state index is 12.0. The number of benzene rings is 1. The Bertz CT molecular complexity index is 631. The van der Waals surface area contributed by atoms with E-state index in [-0.39, 0.29) is 12.3 Å². The van der Waals surface area contributed by atoms with Gasteiger partial charge in [-0.2, -0.15) is 5.10 Å². The fourth-order valence-electron chi connectivity index (χ4n) is 1.58. The van der Waals surface area contributed by atoms with Crippen molar-refractivity contribution < 1.29 is 9.53 Å². The molecular weight excluding hydrogens is 220 g/mol. The number of esters is 1. The number of fused-ring (bicyclic) bond motifs is 1. The van der Waals surface area contributed by atoms with Crippen LogP contribution in [0.1, 0.15) is 23.0 Å². The molecule has 0 saturated carbocycles. The smallest absolute Gasteiger partial charge is 0.362 e. The Morgan fingerprint density at radius 1 is 1.47 bits per heavy atom. The summed E-state index contributed by atoms with van der Waals surface area (Å²) in [6.45, 7) is 3.77. The molecule has 0 spiro atoms. The van der Waals surface area contributed by atoms with Crippen molar-refractivity contribution in [3.8, 4) is 0 Å². The number of nitrogens with zero attached hydrogens (tertiary/aromatic N) is 1. The van der Waals surface area contributed by atoms with Crippen LogP contribution in [0.4, 0.5) is 0 Å². The molecule has 17 heavy (non-hydrogen) atoms. The Labute approximate surface area is 97.4 Å². The van der Waals surface area contributed by atoms with Gasteiger partial charge in [0.05, 0.1) is 12.1 Å². The molecule has 0 aliphatic carbocycles. The van der Waals surface area contributed by atoms with E-state index in [1.165, 1.54) is 0 Å². The molecule has 0 amide bonds. The SMILES string of the molecule is CCOC(=O)c1n[nH]c2ccc(C)cc2c1=O. The van der Waals surface area contributed by atoms with Crippen LogP contribution in [-0.4, -0.2) is 22.8 Å². The molecule has 0 radical (unpaired) electrons. The molecule has 0 saturated heterocycles. The third-order valence-corrected chi connectivity index (χ3v) is 2.39. The summed E-state index contributed by atoms with van der Waals surface area (Å²) in [5.41, 5.74) is 0.948. The van der Waals surface area contributed by atoms with Crippen molar-refractivity contribution in [1.29, 1.82) is 0 Å². The second kappa shape index (κ2) is 4.37. The molecule has 5 heteroatoms. The van der Waals surface area contributed by atoms with Crippen LogP contribution in [0.15, 0.2) is 23.0 Å². The molecule has 0 atom stereocenters. The van der Waals surface area contributed by atoms with Crippen LogP contribution in [0.25, 0.3) is 10.9 Å². The Hall–Kier alpha value is -2.17. The van der Waals surface area contributed by atoms with Crippen LogP contribution >= 0.6 is 0 Å². The Morgan fingerprint density at radius 3 is 2.94 bits per heavy atom. The van der Waals surface area contributed by atoms with E-state index in [4.69, 9.17) is 4.74 Å². The van der Waals surface area contributed by atoms with Crippen molar-refractivity contribution >= 4 is 16.9 Å². The third kappa shape index (κ3) is 2.04. The van der Waals surface area contributed by atoms with Gasteiger partial charge in [0.1, 0.15) is 0 Å². The lowest BCUT2D eigenvalue weighted by atomic mass is 10.1. The minimum absolute atomic E-state index is 0.204. The number of hydrogen-bond acceptors (Lipinski definition) is 4. The topological polar surface area (TPSA) is 72.0 Å². The Balaban J connectivity index is 2.65. The summed E-state index contributed by atoms with van der Waals surface area (Å²) in [7, 11) is 0. The van der Waals surface area contributed by atoms with E-state index in [0.717, 1.165) is 5.56 Å².